The van der Waals surface area contributed by atoms with Gasteiger partial charge in [0.25, 0.3) is 0 Å². The minimum atomic E-state index is -0.254. The van der Waals surface area contributed by atoms with Crippen LogP contribution in [0.3, 0.4) is 0 Å². The lowest BCUT2D eigenvalue weighted by Gasteiger charge is -2.42. The summed E-state index contributed by atoms with van der Waals surface area (Å²) in [6.45, 7) is 2.20. The topological polar surface area (TPSA) is 58.7 Å². The van der Waals surface area contributed by atoms with Gasteiger partial charge in [0.05, 0.1) is 0 Å². The van der Waals surface area contributed by atoms with Gasteiger partial charge in [-0.05, 0) is 18.8 Å². The maximum absolute atomic E-state index is 11.5. The van der Waals surface area contributed by atoms with Crippen LogP contribution in [0, 0.1) is 5.92 Å². The molecule has 2 rings (SSSR count). The molecule has 1 heterocycles. The summed E-state index contributed by atoms with van der Waals surface area (Å²) in [5.41, 5.74) is 5.68. The molecule has 2 amide bonds. The van der Waals surface area contributed by atoms with Crippen LogP contribution in [0.2, 0.25) is 0 Å². The fourth-order valence-corrected chi connectivity index (χ4v) is 2.89. The van der Waals surface area contributed by atoms with Crippen LogP contribution in [0.5, 0.6) is 0 Å². The first-order valence-corrected chi connectivity index (χ1v) is 5.72. The predicted molar refractivity (Wildman–Crippen MR) is 59.8 cm³/mol. The van der Waals surface area contributed by atoms with Crippen molar-refractivity contribution < 1.29 is 4.79 Å². The van der Waals surface area contributed by atoms with Crippen molar-refractivity contribution in [3.05, 3.63) is 0 Å². The smallest absolute Gasteiger partial charge is 0.345 e. The van der Waals surface area contributed by atoms with Crippen LogP contribution >= 0.6 is 0 Å². The van der Waals surface area contributed by atoms with E-state index in [2.05, 4.69) is 11.9 Å². The molecule has 0 bridgehead atoms. The molecule has 2 atom stereocenters. The van der Waals surface area contributed by atoms with Crippen LogP contribution in [0.25, 0.3) is 0 Å². The van der Waals surface area contributed by atoms with Crippen molar-refractivity contribution in [2.75, 3.05) is 7.05 Å². The molecule has 1 aliphatic heterocycles. The number of amides is 2. The fourth-order valence-electron chi connectivity index (χ4n) is 2.89. The Labute approximate surface area is 90.5 Å². The van der Waals surface area contributed by atoms with Gasteiger partial charge in [0.15, 0.2) is 0 Å². The number of urea groups is 1. The number of rotatable bonds is 1. The highest BCUT2D eigenvalue weighted by atomic mass is 16.2. The fraction of sp³-hybridized carbons (Fsp3) is 0.818. The van der Waals surface area contributed by atoms with Crippen LogP contribution in [-0.4, -0.2) is 29.4 Å². The highest BCUT2D eigenvalue weighted by molar-refractivity contribution is 6.05. The molecule has 0 aromatic rings. The van der Waals surface area contributed by atoms with Crippen molar-refractivity contribution in [1.29, 1.82) is 0 Å². The molecule has 2 unspecified atom stereocenters. The normalized spacial score (nSPS) is 36.1. The van der Waals surface area contributed by atoms with Crippen molar-refractivity contribution in [3.8, 4) is 0 Å². The molecule has 84 valence electrons. The molecule has 2 N–H and O–H groups in total. The van der Waals surface area contributed by atoms with Gasteiger partial charge in [-0.2, -0.15) is 4.99 Å². The molecule has 1 saturated carbocycles. The lowest BCUT2D eigenvalue weighted by molar-refractivity contribution is 0.138. The number of carbonyl (C=O) groups excluding carboxylic acids is 1. The largest absolute Gasteiger partial charge is 0.385 e. The second-order valence-corrected chi connectivity index (χ2v) is 4.74. The van der Waals surface area contributed by atoms with E-state index in [9.17, 15) is 4.79 Å². The minimum absolute atomic E-state index is 0.177. The van der Waals surface area contributed by atoms with E-state index in [-0.39, 0.29) is 11.6 Å². The van der Waals surface area contributed by atoms with Crippen molar-refractivity contribution in [1.82, 2.24) is 4.90 Å². The van der Waals surface area contributed by atoms with Gasteiger partial charge in [-0.1, -0.05) is 26.2 Å². The Balaban J connectivity index is 2.25. The molecule has 4 heteroatoms. The summed E-state index contributed by atoms with van der Waals surface area (Å²) < 4.78 is 0. The summed E-state index contributed by atoms with van der Waals surface area (Å²) in [5.74, 6) is 1.22. The summed E-state index contributed by atoms with van der Waals surface area (Å²) in [6, 6.07) is -0.177. The number of aliphatic imine (C=N–C) groups is 1. The lowest BCUT2D eigenvalue weighted by atomic mass is 9.73. The Kier molecular flexibility index (Phi) is 2.44. The van der Waals surface area contributed by atoms with Crippen LogP contribution < -0.4 is 5.73 Å². The average Bonchev–Trinajstić information content (AvgIpc) is 2.44. The predicted octanol–water partition coefficient (Wildman–Crippen LogP) is 1.75. The van der Waals surface area contributed by atoms with Crippen molar-refractivity contribution >= 4 is 11.9 Å². The molecule has 0 aromatic heterocycles. The summed E-state index contributed by atoms with van der Waals surface area (Å²) >= 11 is 0. The molecule has 2 aliphatic rings. The van der Waals surface area contributed by atoms with Crippen molar-refractivity contribution in [2.24, 2.45) is 16.6 Å². The highest BCUT2D eigenvalue weighted by Crippen LogP contribution is 2.40. The molecule has 0 aromatic carbocycles. The summed E-state index contributed by atoms with van der Waals surface area (Å²) in [5, 5.41) is 0. The number of amidine groups is 1. The quantitative estimate of drug-likeness (QED) is 0.715. The average molecular weight is 209 g/mol. The second kappa shape index (κ2) is 3.51. The Bertz CT molecular complexity index is 313. The van der Waals surface area contributed by atoms with Crippen LogP contribution in [0.15, 0.2) is 4.99 Å². The van der Waals surface area contributed by atoms with Gasteiger partial charge in [0.1, 0.15) is 11.4 Å². The number of nitrogens with two attached hydrogens (primary N) is 1. The maximum atomic E-state index is 11.5. The molecule has 1 spiro atoms. The number of carbonyl (C=O) groups is 1. The molecule has 0 radical (unpaired) electrons. The van der Waals surface area contributed by atoms with Crippen LogP contribution in [0.4, 0.5) is 4.79 Å². The van der Waals surface area contributed by atoms with Gasteiger partial charge in [-0.3, -0.25) is 0 Å². The standard InChI is InChI=1S/C11H19N3O/c1-3-8-5-4-6-11(7-8)9(12)13-10(15)14(11)2/h8H,3-7H2,1-2H3,(H2,12,13,15). The third-order valence-electron chi connectivity index (χ3n) is 4.03. The van der Waals surface area contributed by atoms with Gasteiger partial charge in [-0.15, -0.1) is 0 Å². The molecule has 15 heavy (non-hydrogen) atoms. The first-order valence-electron chi connectivity index (χ1n) is 5.72. The van der Waals surface area contributed by atoms with Crippen molar-refractivity contribution in [2.45, 2.75) is 44.6 Å². The van der Waals surface area contributed by atoms with Gasteiger partial charge >= 0.3 is 6.03 Å². The molecular weight excluding hydrogens is 190 g/mol. The number of likely N-dealkylation sites (N-methyl/N-ethyl adjacent to an activating group) is 1. The van der Waals surface area contributed by atoms with E-state index < -0.39 is 0 Å². The monoisotopic (exact) mass is 209 g/mol. The summed E-state index contributed by atoms with van der Waals surface area (Å²) in [7, 11) is 1.82. The summed E-state index contributed by atoms with van der Waals surface area (Å²) in [6.07, 6.45) is 5.53. The van der Waals surface area contributed by atoms with Crippen LogP contribution in [0.1, 0.15) is 39.0 Å². The summed E-state index contributed by atoms with van der Waals surface area (Å²) in [4.78, 5) is 17.1. The zero-order chi connectivity index (χ0) is 11.1. The van der Waals surface area contributed by atoms with E-state index in [1.807, 2.05) is 7.05 Å². The zero-order valence-corrected chi connectivity index (χ0v) is 9.49. The first-order chi connectivity index (χ1) is 7.10. The minimum Gasteiger partial charge on any atom is -0.385 e. The Morgan fingerprint density at radius 3 is 2.93 bits per heavy atom. The number of hydrogen-bond donors (Lipinski definition) is 1. The number of hydrogen-bond acceptors (Lipinski definition) is 2. The van der Waals surface area contributed by atoms with Crippen LogP contribution in [-0.2, 0) is 0 Å². The van der Waals surface area contributed by atoms with Gasteiger partial charge in [0.2, 0.25) is 0 Å². The van der Waals surface area contributed by atoms with Gasteiger partial charge < -0.3 is 10.6 Å². The van der Waals surface area contributed by atoms with Gasteiger partial charge in [0, 0.05) is 7.05 Å². The third-order valence-corrected chi connectivity index (χ3v) is 4.03. The second-order valence-electron chi connectivity index (χ2n) is 4.74. The van der Waals surface area contributed by atoms with E-state index in [0.29, 0.717) is 11.8 Å². The number of nitrogens with zero attached hydrogens (tertiary/aromatic N) is 2. The SMILES string of the molecule is CCC1CCCC2(C1)C(N)=NC(=O)N2C. The molecule has 0 saturated heterocycles. The molecule has 1 aliphatic carbocycles. The molecule has 1 fully saturated rings. The Hall–Kier alpha value is -1.06. The highest BCUT2D eigenvalue weighted by Gasteiger charge is 2.48. The zero-order valence-electron chi connectivity index (χ0n) is 9.49. The Morgan fingerprint density at radius 2 is 2.40 bits per heavy atom. The van der Waals surface area contributed by atoms with E-state index >= 15 is 0 Å². The molecule has 4 nitrogen and oxygen atoms in total. The first kappa shape index (κ1) is 10.5. The van der Waals surface area contributed by atoms with Crippen molar-refractivity contribution in [3.63, 3.8) is 0 Å². The van der Waals surface area contributed by atoms with Gasteiger partial charge in [-0.25, -0.2) is 4.79 Å². The van der Waals surface area contributed by atoms with E-state index in [1.165, 1.54) is 6.42 Å². The maximum Gasteiger partial charge on any atom is 0.345 e. The van der Waals surface area contributed by atoms with E-state index in [1.54, 1.807) is 4.90 Å². The Morgan fingerprint density at radius 1 is 1.67 bits per heavy atom. The third kappa shape index (κ3) is 1.43. The lowest BCUT2D eigenvalue weighted by Crippen LogP contribution is -2.55. The molecular formula is C11H19N3O. The van der Waals surface area contributed by atoms with E-state index in [4.69, 9.17) is 5.73 Å². The van der Waals surface area contributed by atoms with E-state index in [0.717, 1.165) is 25.7 Å².